The third-order valence-electron chi connectivity index (χ3n) is 37.5. The maximum absolute atomic E-state index is 13.9. The van der Waals surface area contributed by atoms with Crippen molar-refractivity contribution < 1.29 is 49.4 Å². The number of Topliss-reactive ketones (excluding diaryl/α,β-unsaturated/α-hetero) is 3. The van der Waals surface area contributed by atoms with Gasteiger partial charge in [-0.05, 0) is 289 Å². The van der Waals surface area contributed by atoms with Crippen LogP contribution in [0.15, 0.2) is 122 Å². The second kappa shape index (κ2) is 32.8. The molecule has 127 heavy (non-hydrogen) atoms. The van der Waals surface area contributed by atoms with Crippen molar-refractivity contribution in [1.82, 2.24) is 53.8 Å². The van der Waals surface area contributed by atoms with Crippen molar-refractivity contribution in [2.75, 3.05) is 17.3 Å². The number of carbonyl (C=O) groups excluding carboxylic acids is 3. The number of thioether (sulfide) groups is 3. The number of para-hydroxylation sites is 4. The zero-order valence-electron chi connectivity index (χ0n) is 75.4. The summed E-state index contributed by atoms with van der Waals surface area (Å²) < 4.78 is 14.8. The van der Waals surface area contributed by atoms with E-state index < -0.39 is 51.4 Å². The van der Waals surface area contributed by atoms with E-state index in [1.165, 1.54) is 182 Å². The largest absolute Gasteiger partial charge is 0.431 e. The van der Waals surface area contributed by atoms with Gasteiger partial charge in [0.2, 0.25) is 0 Å². The van der Waals surface area contributed by atoms with Gasteiger partial charge in [0.05, 0.1) is 100 Å². The number of hydrogen-bond acceptors (Lipinski definition) is 20. The summed E-state index contributed by atoms with van der Waals surface area (Å²) in [4.78, 5) is 59.0. The Bertz CT molecular complexity index is 5620. The summed E-state index contributed by atoms with van der Waals surface area (Å²) in [5.41, 5.74) is 9.01. The molecule has 6 N–H and O–H groups in total. The predicted molar refractivity (Wildman–Crippen MR) is 494 cm³/mol. The first-order valence-corrected chi connectivity index (χ1v) is 51.6. The van der Waals surface area contributed by atoms with Crippen LogP contribution in [0.3, 0.4) is 0 Å². The molecular formula is C103H131N11O10S3. The Morgan fingerprint density at radius 2 is 0.811 bits per heavy atom. The number of aliphatic hydroxyl groups excluding tert-OH is 3. The minimum Gasteiger partial charge on any atom is -0.431 e. The van der Waals surface area contributed by atoms with Crippen molar-refractivity contribution in [3.05, 3.63) is 136 Å². The Balaban J connectivity index is 0.000000116. The molecule has 15 unspecified atom stereocenters. The lowest BCUT2D eigenvalue weighted by Crippen LogP contribution is -2.62. The molecule has 0 saturated heterocycles. The number of fused-ring (bicyclic) bond motifs is 20. The maximum Gasteiger partial charge on any atom is 0.257 e. The lowest BCUT2D eigenvalue weighted by molar-refractivity contribution is -0.178. The number of oxazole rings is 1. The summed E-state index contributed by atoms with van der Waals surface area (Å²) in [6.45, 7) is 13.4. The average molecular weight is 1780 g/mol. The Morgan fingerprint density at radius 1 is 0.441 bits per heavy atom. The van der Waals surface area contributed by atoms with E-state index in [0.717, 1.165) is 98.8 Å². The van der Waals surface area contributed by atoms with Gasteiger partial charge in [-0.1, -0.05) is 176 Å². The van der Waals surface area contributed by atoms with Crippen molar-refractivity contribution in [1.29, 1.82) is 0 Å². The third-order valence-corrected chi connectivity index (χ3v) is 40.2. The molecule has 24 heteroatoms. The van der Waals surface area contributed by atoms with E-state index in [0.29, 0.717) is 72.6 Å². The monoisotopic (exact) mass is 1780 g/mol. The molecular weight excluding hydrogens is 1650 g/mol. The molecule has 2 aromatic carbocycles. The van der Waals surface area contributed by atoms with Crippen molar-refractivity contribution in [3.8, 4) is 0 Å². The highest BCUT2D eigenvalue weighted by Crippen LogP contribution is 2.72. The number of aromatic nitrogens is 11. The van der Waals surface area contributed by atoms with Crippen LogP contribution in [0.4, 0.5) is 0 Å². The van der Waals surface area contributed by atoms with Gasteiger partial charge in [-0.25, -0.2) is 19.9 Å². The van der Waals surface area contributed by atoms with Crippen molar-refractivity contribution in [2.45, 2.75) is 322 Å². The first kappa shape index (κ1) is 86.8. The number of imidazole rings is 1. The van der Waals surface area contributed by atoms with Crippen LogP contribution in [0, 0.1) is 85.8 Å². The van der Waals surface area contributed by atoms with Crippen LogP contribution in [-0.4, -0.2) is 154 Å². The maximum atomic E-state index is 13.9. The fourth-order valence-corrected chi connectivity index (χ4v) is 33.7. The smallest absolute Gasteiger partial charge is 0.257 e. The summed E-state index contributed by atoms with van der Waals surface area (Å²) in [5.74, 6) is 1.84. The Labute approximate surface area is 759 Å². The topological polar surface area (TPSA) is 296 Å². The first-order chi connectivity index (χ1) is 61.1. The zero-order valence-corrected chi connectivity index (χ0v) is 77.8. The molecule has 8 aromatic rings. The quantitative estimate of drug-likeness (QED) is 0.0410. The SMILES string of the molecule is CC12Cc3cnn(C4CCCCC4)c3C=C1CCC1C2[C@@H](O)CC2(C)C1CC[C@]2(O)C(=O)CSc1nc2ccccc2o1.CC12Cc3cnn(C4CCCCC4)c3C=C1CCC1C2[C@@H](O)CC2(C)C1CC[C@]2(O)C(=O)CSc1ncccn1.Cn1c(SCC(=O)[C@@]2(O)CCC3C4CCC5=Cc6c(cnn6C6CCCCC6)CC5(C)C4[C@@H](O)CC32C)nc2ccccc21. The number of hydrogen-bond donors (Lipinski definition) is 6. The van der Waals surface area contributed by atoms with Crippen LogP contribution in [0.25, 0.3) is 40.4 Å². The number of benzene rings is 2. The summed E-state index contributed by atoms with van der Waals surface area (Å²) >= 11 is 3.95. The van der Waals surface area contributed by atoms with E-state index in [1.807, 2.05) is 60.1 Å². The molecule has 0 radical (unpaired) electrons. The molecule has 676 valence electrons. The van der Waals surface area contributed by atoms with Crippen LogP contribution in [0.1, 0.15) is 286 Å². The van der Waals surface area contributed by atoms with Crippen LogP contribution in [0.5, 0.6) is 0 Å². The molecule has 12 saturated carbocycles. The highest BCUT2D eigenvalue weighted by Gasteiger charge is 2.72. The van der Waals surface area contributed by atoms with Crippen LogP contribution < -0.4 is 0 Å². The minimum absolute atomic E-state index is 0.105. The molecule has 15 aliphatic carbocycles. The predicted octanol–water partition coefficient (Wildman–Crippen LogP) is 18.7. The average Bonchev–Trinajstić information content (AvgIpc) is 1.59. The molecule has 0 spiro atoms. The van der Waals surface area contributed by atoms with E-state index in [2.05, 4.69) is 107 Å². The van der Waals surface area contributed by atoms with Gasteiger partial charge in [-0.3, -0.25) is 28.4 Å². The van der Waals surface area contributed by atoms with Crippen molar-refractivity contribution in [2.24, 2.45) is 92.8 Å². The lowest BCUT2D eigenvalue weighted by Gasteiger charge is -2.60. The molecule has 12 fully saturated rings. The molecule has 15 aliphatic rings. The third kappa shape index (κ3) is 13.9. The van der Waals surface area contributed by atoms with Crippen LogP contribution >= 0.6 is 35.3 Å². The summed E-state index contributed by atoms with van der Waals surface area (Å²) in [7, 11) is 1.98. The standard InChI is InChI=1S/C36H46N4O3S.C35H43N3O4S.C32H42N4O3S/c1-34-18-22-20-37-40(24-9-5-4-6-10-24)29(22)17-23(34)13-14-25-26-15-16-36(43,35(26,2)19-30(41)32(25)34)31(42)21-44-33-38-27-11-7-8-12-28(27)39(33)3;1-33-17-21-19-36-38(23-8-4-3-5-9-23)27(21)16-22(33)12-13-24-25-14-15-35(41,34(25,2)18-28(39)31(24)33)30(40)20-43-32-37-26-10-6-7-11-29(26)42-32;1-30-16-20-18-35-36(22-7-4-3-5-8-22)25(20)15-21(30)9-10-23-24-11-12-32(39,31(24,2)17-26(37)28(23)30)27(38)19-40-29-33-13-6-14-34-29/h7-8,11-12,17,20,24-26,30,32,41,43H,4-6,9-10,13-16,18-19,21H2,1-3H3;6-7,10-11,16,19,23-25,28,31,39,41H,3-5,8-9,12-15,17-18,20H2,1-2H3;6,13-15,18,22-24,26,28,37,39H,3-5,7-12,16-17,19H2,1-2H3/t25?,26?,30-,32?,34?,35?,36-;24?,25?,28-,31?,33?,34?,35-;23?,24?,26-,28?,30?,31?,32-/m000/s1. The van der Waals surface area contributed by atoms with Crippen LogP contribution in [0.2, 0.25) is 0 Å². The van der Waals surface area contributed by atoms with E-state index in [-0.39, 0.29) is 104 Å². The normalized spacial score (nSPS) is 37.7. The van der Waals surface area contributed by atoms with E-state index in [4.69, 9.17) is 24.7 Å². The zero-order chi connectivity index (χ0) is 87.7. The van der Waals surface area contributed by atoms with Gasteiger partial charge in [0, 0.05) is 35.7 Å². The molecule has 21 atom stereocenters. The molecule has 21 nitrogen and oxygen atoms in total. The number of rotatable bonds is 15. The number of ketones is 3. The second-order valence-electron chi connectivity index (χ2n) is 43.5. The molecule has 0 aliphatic heterocycles. The van der Waals surface area contributed by atoms with Gasteiger partial charge in [0.15, 0.2) is 33.2 Å². The van der Waals surface area contributed by atoms with Gasteiger partial charge < -0.3 is 39.6 Å². The van der Waals surface area contributed by atoms with Gasteiger partial charge >= 0.3 is 0 Å². The molecule has 6 aromatic heterocycles. The van der Waals surface area contributed by atoms with Gasteiger partial charge in [-0.15, -0.1) is 0 Å². The molecule has 6 heterocycles. The first-order valence-electron chi connectivity index (χ1n) is 48.7. The number of aliphatic hydroxyl groups is 6. The molecule has 23 rings (SSSR count). The minimum atomic E-state index is -1.46. The molecule has 0 amide bonds. The molecule has 0 bridgehead atoms. The highest BCUT2D eigenvalue weighted by atomic mass is 32.2. The van der Waals surface area contributed by atoms with Crippen molar-refractivity contribution >= 4 is 93.0 Å². The highest BCUT2D eigenvalue weighted by molar-refractivity contribution is 8.00. The Morgan fingerprint density at radius 3 is 1.20 bits per heavy atom. The Kier molecular flexibility index (Phi) is 22.4. The van der Waals surface area contributed by atoms with Gasteiger partial charge in [0.1, 0.15) is 22.3 Å². The number of carbonyl (C=O) groups is 3. The lowest BCUT2D eigenvalue weighted by atomic mass is 9.45. The second-order valence-corrected chi connectivity index (χ2v) is 46.3. The number of nitrogens with zero attached hydrogens (tertiary/aromatic N) is 11. The number of aryl methyl sites for hydroxylation is 1. The van der Waals surface area contributed by atoms with Crippen molar-refractivity contribution in [3.63, 3.8) is 0 Å². The van der Waals surface area contributed by atoms with E-state index in [1.54, 1.807) is 18.5 Å². The number of allylic oxidation sites excluding steroid dienone is 3. The Hall–Kier alpha value is -6.87. The fourth-order valence-electron chi connectivity index (χ4n) is 31.1. The summed E-state index contributed by atoms with van der Waals surface area (Å²) in [6, 6.07) is 18.8. The fraction of sp³-hybridized carbons (Fsp3) is 0.650. The van der Waals surface area contributed by atoms with E-state index in [9.17, 15) is 45.0 Å². The summed E-state index contributed by atoms with van der Waals surface area (Å²) in [5, 5.41) is 88.8. The summed E-state index contributed by atoms with van der Waals surface area (Å²) in [6.07, 6.45) is 48.3. The van der Waals surface area contributed by atoms with Gasteiger partial charge in [-0.2, -0.15) is 15.3 Å². The van der Waals surface area contributed by atoms with Gasteiger partial charge in [0.25, 0.3) is 5.22 Å². The van der Waals surface area contributed by atoms with E-state index >= 15 is 0 Å². The van der Waals surface area contributed by atoms with Crippen LogP contribution in [-0.2, 0) is 40.7 Å².